The van der Waals surface area contributed by atoms with Crippen molar-refractivity contribution in [2.75, 3.05) is 6.61 Å². The number of carbonyl (C=O) groups is 2. The van der Waals surface area contributed by atoms with E-state index in [0.717, 1.165) is 22.3 Å². The Balaban J connectivity index is 2.16. The van der Waals surface area contributed by atoms with Gasteiger partial charge in [-0.2, -0.15) is 0 Å². The molecule has 5 nitrogen and oxygen atoms in total. The minimum absolute atomic E-state index is 0.00716. The number of benzene rings is 2. The van der Waals surface area contributed by atoms with Crippen molar-refractivity contribution in [3.8, 4) is 5.75 Å². The molecule has 0 aromatic heterocycles. The van der Waals surface area contributed by atoms with Crippen LogP contribution in [0.15, 0.2) is 42.5 Å². The van der Waals surface area contributed by atoms with Crippen LogP contribution in [0, 0.1) is 20.8 Å². The molecule has 1 atom stereocenters. The molecular weight excluding hydrogens is 364 g/mol. The van der Waals surface area contributed by atoms with Gasteiger partial charge in [0.15, 0.2) is 6.61 Å². The van der Waals surface area contributed by atoms with Gasteiger partial charge in [0.1, 0.15) is 11.8 Å². The smallest absolute Gasteiger partial charge is 0.261 e. The van der Waals surface area contributed by atoms with Crippen molar-refractivity contribution < 1.29 is 14.3 Å². The number of rotatable bonds is 8. The number of aryl methyl sites for hydroxylation is 3. The first-order chi connectivity index (χ1) is 13.7. The Kier molecular flexibility index (Phi) is 7.82. The second-order valence-electron chi connectivity index (χ2n) is 7.90. The van der Waals surface area contributed by atoms with Crippen molar-refractivity contribution in [2.45, 2.75) is 60.2 Å². The molecule has 0 spiro atoms. The summed E-state index contributed by atoms with van der Waals surface area (Å²) in [6, 6.07) is 13.2. The Hall–Kier alpha value is -2.82. The van der Waals surface area contributed by atoms with E-state index >= 15 is 0 Å². The average molecular weight is 397 g/mol. The Morgan fingerprint density at radius 2 is 1.59 bits per heavy atom. The first-order valence-corrected chi connectivity index (χ1v) is 10.0. The highest BCUT2D eigenvalue weighted by molar-refractivity contribution is 5.88. The van der Waals surface area contributed by atoms with Crippen LogP contribution in [0.4, 0.5) is 0 Å². The summed E-state index contributed by atoms with van der Waals surface area (Å²) in [4.78, 5) is 27.2. The van der Waals surface area contributed by atoms with Gasteiger partial charge in [-0.15, -0.1) is 0 Å². The summed E-state index contributed by atoms with van der Waals surface area (Å²) in [7, 11) is 0. The molecule has 0 aliphatic carbocycles. The predicted molar refractivity (Wildman–Crippen MR) is 116 cm³/mol. The number of hydrogen-bond acceptors (Lipinski definition) is 3. The first kappa shape index (κ1) is 22.5. The fourth-order valence-electron chi connectivity index (χ4n) is 3.06. The highest BCUT2D eigenvalue weighted by atomic mass is 16.5. The lowest BCUT2D eigenvalue weighted by atomic mass is 10.1. The third kappa shape index (κ3) is 6.63. The van der Waals surface area contributed by atoms with Crippen LogP contribution in [0.3, 0.4) is 0 Å². The number of hydrogen-bond donors (Lipinski definition) is 1. The van der Waals surface area contributed by atoms with E-state index in [2.05, 4.69) is 5.32 Å². The number of nitrogens with zero attached hydrogens (tertiary/aromatic N) is 1. The van der Waals surface area contributed by atoms with Crippen molar-refractivity contribution in [3.63, 3.8) is 0 Å². The van der Waals surface area contributed by atoms with E-state index in [4.69, 9.17) is 4.74 Å². The molecule has 0 radical (unpaired) electrons. The second-order valence-corrected chi connectivity index (χ2v) is 7.90. The molecule has 0 bridgehead atoms. The average Bonchev–Trinajstić information content (AvgIpc) is 2.65. The third-order valence-corrected chi connectivity index (χ3v) is 4.75. The monoisotopic (exact) mass is 396 g/mol. The molecule has 2 aromatic rings. The van der Waals surface area contributed by atoms with E-state index in [1.165, 1.54) is 0 Å². The van der Waals surface area contributed by atoms with Crippen LogP contribution in [-0.2, 0) is 16.1 Å². The van der Waals surface area contributed by atoms with Crippen molar-refractivity contribution >= 4 is 11.8 Å². The third-order valence-electron chi connectivity index (χ3n) is 4.75. The number of amides is 2. The Bertz CT molecular complexity index is 844. The maximum Gasteiger partial charge on any atom is 0.261 e. The first-order valence-electron chi connectivity index (χ1n) is 10.0. The lowest BCUT2D eigenvalue weighted by molar-refractivity contribution is -0.142. The zero-order valence-corrected chi connectivity index (χ0v) is 18.3. The summed E-state index contributed by atoms with van der Waals surface area (Å²) in [5.41, 5.74) is 4.24. The SMILES string of the molecule is Cc1ccc(CN(C(=O)COc2ccc(C)cc2C)[C@@H](C)C(=O)NC(C)C)cc1. The van der Waals surface area contributed by atoms with Gasteiger partial charge >= 0.3 is 0 Å². The van der Waals surface area contributed by atoms with Crippen molar-refractivity contribution in [1.82, 2.24) is 10.2 Å². The highest BCUT2D eigenvalue weighted by Crippen LogP contribution is 2.19. The molecule has 5 heteroatoms. The molecule has 0 saturated heterocycles. The van der Waals surface area contributed by atoms with Gasteiger partial charge in [-0.25, -0.2) is 0 Å². The van der Waals surface area contributed by atoms with Gasteiger partial charge in [0, 0.05) is 12.6 Å². The van der Waals surface area contributed by atoms with E-state index in [1.54, 1.807) is 11.8 Å². The van der Waals surface area contributed by atoms with Crippen molar-refractivity contribution in [2.24, 2.45) is 0 Å². The summed E-state index contributed by atoms with van der Waals surface area (Å²) >= 11 is 0. The Morgan fingerprint density at radius 3 is 2.17 bits per heavy atom. The van der Waals surface area contributed by atoms with E-state index < -0.39 is 6.04 Å². The molecule has 2 rings (SSSR count). The molecule has 2 aromatic carbocycles. The maximum atomic E-state index is 13.0. The van der Waals surface area contributed by atoms with Gasteiger partial charge in [0.05, 0.1) is 0 Å². The zero-order chi connectivity index (χ0) is 21.6. The molecule has 0 fully saturated rings. The molecule has 156 valence electrons. The van der Waals surface area contributed by atoms with Crippen LogP contribution in [0.2, 0.25) is 0 Å². The molecule has 29 heavy (non-hydrogen) atoms. The van der Waals surface area contributed by atoms with Crippen LogP contribution >= 0.6 is 0 Å². The van der Waals surface area contributed by atoms with Crippen LogP contribution in [0.25, 0.3) is 0 Å². The molecule has 0 heterocycles. The van der Waals surface area contributed by atoms with Crippen LogP contribution in [-0.4, -0.2) is 35.4 Å². The quantitative estimate of drug-likeness (QED) is 0.735. The predicted octanol–water partition coefficient (Wildman–Crippen LogP) is 3.93. The summed E-state index contributed by atoms with van der Waals surface area (Å²) in [5.74, 6) is 0.280. The highest BCUT2D eigenvalue weighted by Gasteiger charge is 2.27. The summed E-state index contributed by atoms with van der Waals surface area (Å²) in [6.07, 6.45) is 0. The van der Waals surface area contributed by atoms with E-state index in [1.807, 2.05) is 77.1 Å². The van der Waals surface area contributed by atoms with Gasteiger partial charge in [0.25, 0.3) is 5.91 Å². The van der Waals surface area contributed by atoms with Crippen molar-refractivity contribution in [1.29, 1.82) is 0 Å². The minimum atomic E-state index is -0.603. The van der Waals surface area contributed by atoms with Crippen LogP contribution in [0.1, 0.15) is 43.0 Å². The number of nitrogens with one attached hydrogen (secondary N) is 1. The van der Waals surface area contributed by atoms with Gasteiger partial charge in [0.2, 0.25) is 5.91 Å². The van der Waals surface area contributed by atoms with Crippen LogP contribution in [0.5, 0.6) is 5.75 Å². The maximum absolute atomic E-state index is 13.0. The van der Waals surface area contributed by atoms with E-state index in [0.29, 0.717) is 12.3 Å². The van der Waals surface area contributed by atoms with Gasteiger partial charge < -0.3 is 15.0 Å². The van der Waals surface area contributed by atoms with Crippen LogP contribution < -0.4 is 10.1 Å². The topological polar surface area (TPSA) is 58.6 Å². The number of carbonyl (C=O) groups excluding carboxylic acids is 2. The molecule has 2 amide bonds. The van der Waals surface area contributed by atoms with Gasteiger partial charge in [-0.1, -0.05) is 47.5 Å². The Labute approximate surface area is 174 Å². The minimum Gasteiger partial charge on any atom is -0.483 e. The summed E-state index contributed by atoms with van der Waals surface area (Å²) in [5, 5.41) is 2.89. The largest absolute Gasteiger partial charge is 0.483 e. The normalized spacial score (nSPS) is 11.8. The van der Waals surface area contributed by atoms with E-state index in [-0.39, 0.29) is 24.5 Å². The molecule has 0 aliphatic rings. The van der Waals surface area contributed by atoms with Gasteiger partial charge in [-0.05, 0) is 58.7 Å². The van der Waals surface area contributed by atoms with Crippen molar-refractivity contribution in [3.05, 3.63) is 64.7 Å². The lowest BCUT2D eigenvalue weighted by Crippen LogP contribution is -2.50. The molecule has 0 unspecified atom stereocenters. The summed E-state index contributed by atoms with van der Waals surface area (Å²) < 4.78 is 5.78. The summed E-state index contributed by atoms with van der Waals surface area (Å²) in [6.45, 7) is 11.8. The van der Waals surface area contributed by atoms with E-state index in [9.17, 15) is 9.59 Å². The molecular formula is C24H32N2O3. The molecule has 0 aliphatic heterocycles. The second kappa shape index (κ2) is 10.1. The number of ether oxygens (including phenoxy) is 1. The fourth-order valence-corrected chi connectivity index (χ4v) is 3.06. The standard InChI is InChI=1S/C24H32N2O3/c1-16(2)25-24(28)20(6)26(14-21-10-7-17(3)8-11-21)23(27)15-29-22-12-9-18(4)13-19(22)5/h7-13,16,20H,14-15H2,1-6H3,(H,25,28)/t20-/m0/s1. The lowest BCUT2D eigenvalue weighted by Gasteiger charge is -2.29. The fraction of sp³-hybridized carbons (Fsp3) is 0.417. The zero-order valence-electron chi connectivity index (χ0n) is 18.3. The van der Waals surface area contributed by atoms with Gasteiger partial charge in [-0.3, -0.25) is 9.59 Å². The molecule has 0 saturated carbocycles. The molecule has 1 N–H and O–H groups in total. The Morgan fingerprint density at radius 1 is 0.966 bits per heavy atom.